The standard InChI is InChI=1S/C14H17I3O2/c1-3-10-4-8(2)18-14(19-10)7-11-12(16)5-9(15)6-13(11)17/h5-6,8,10,14H,3-4,7H2,1-2H3. The summed E-state index contributed by atoms with van der Waals surface area (Å²) in [5.74, 6) is 0. The molecule has 1 aromatic rings. The van der Waals surface area contributed by atoms with Crippen LogP contribution in [0.15, 0.2) is 12.1 Å². The topological polar surface area (TPSA) is 18.5 Å². The Kier molecular flexibility index (Phi) is 6.63. The van der Waals surface area contributed by atoms with Crippen LogP contribution in [0.2, 0.25) is 0 Å². The van der Waals surface area contributed by atoms with Gasteiger partial charge in [0, 0.05) is 17.1 Å². The van der Waals surface area contributed by atoms with Gasteiger partial charge in [0.2, 0.25) is 0 Å². The van der Waals surface area contributed by atoms with Crippen molar-refractivity contribution in [2.45, 2.75) is 51.6 Å². The Morgan fingerprint density at radius 1 is 1.16 bits per heavy atom. The van der Waals surface area contributed by atoms with Gasteiger partial charge >= 0.3 is 0 Å². The summed E-state index contributed by atoms with van der Waals surface area (Å²) >= 11 is 7.17. The summed E-state index contributed by atoms with van der Waals surface area (Å²) in [6, 6.07) is 4.42. The van der Waals surface area contributed by atoms with Gasteiger partial charge in [-0.25, -0.2) is 0 Å². The maximum Gasteiger partial charge on any atom is 0.162 e. The lowest BCUT2D eigenvalue weighted by molar-refractivity contribution is -0.237. The normalized spacial score (nSPS) is 27.5. The highest BCUT2D eigenvalue weighted by molar-refractivity contribution is 14.1. The highest BCUT2D eigenvalue weighted by Crippen LogP contribution is 2.28. The van der Waals surface area contributed by atoms with E-state index < -0.39 is 0 Å². The first-order valence-corrected chi connectivity index (χ1v) is 9.67. The second kappa shape index (κ2) is 7.55. The summed E-state index contributed by atoms with van der Waals surface area (Å²) in [6.45, 7) is 4.32. The van der Waals surface area contributed by atoms with Crippen LogP contribution in [-0.4, -0.2) is 18.5 Å². The van der Waals surface area contributed by atoms with Gasteiger partial charge in [-0.05, 0) is 105 Å². The zero-order valence-corrected chi connectivity index (χ0v) is 17.4. The predicted molar refractivity (Wildman–Crippen MR) is 102 cm³/mol. The molecule has 5 heteroatoms. The smallest absolute Gasteiger partial charge is 0.162 e. The van der Waals surface area contributed by atoms with Gasteiger partial charge in [-0.2, -0.15) is 0 Å². The zero-order valence-electron chi connectivity index (χ0n) is 11.0. The van der Waals surface area contributed by atoms with E-state index in [1.807, 2.05) is 0 Å². The molecule has 0 saturated carbocycles. The molecule has 1 saturated heterocycles. The van der Waals surface area contributed by atoms with E-state index in [2.05, 4.69) is 93.8 Å². The first kappa shape index (κ1) is 16.7. The Morgan fingerprint density at radius 2 is 1.79 bits per heavy atom. The van der Waals surface area contributed by atoms with Crippen LogP contribution < -0.4 is 0 Å². The predicted octanol–water partition coefficient (Wildman–Crippen LogP) is 4.97. The molecular formula is C14H17I3O2. The van der Waals surface area contributed by atoms with Crippen molar-refractivity contribution in [1.29, 1.82) is 0 Å². The zero-order chi connectivity index (χ0) is 14.0. The minimum absolute atomic E-state index is 0.101. The Hall–Kier alpha value is 1.33. The summed E-state index contributed by atoms with van der Waals surface area (Å²) in [5, 5.41) is 0. The van der Waals surface area contributed by atoms with Gasteiger partial charge < -0.3 is 9.47 Å². The molecule has 0 N–H and O–H groups in total. The first-order chi connectivity index (χ1) is 8.99. The molecule has 106 valence electrons. The lowest BCUT2D eigenvalue weighted by Gasteiger charge is -2.34. The molecule has 3 atom stereocenters. The van der Waals surface area contributed by atoms with E-state index in [-0.39, 0.29) is 6.29 Å². The van der Waals surface area contributed by atoms with Gasteiger partial charge in [-0.1, -0.05) is 6.92 Å². The van der Waals surface area contributed by atoms with E-state index in [9.17, 15) is 0 Å². The van der Waals surface area contributed by atoms with Crippen molar-refractivity contribution in [2.24, 2.45) is 0 Å². The molecule has 0 spiro atoms. The van der Waals surface area contributed by atoms with Gasteiger partial charge in [-0.3, -0.25) is 0 Å². The van der Waals surface area contributed by atoms with Crippen LogP contribution in [-0.2, 0) is 15.9 Å². The quantitative estimate of drug-likeness (QED) is 0.458. The van der Waals surface area contributed by atoms with E-state index in [4.69, 9.17) is 9.47 Å². The van der Waals surface area contributed by atoms with Crippen molar-refractivity contribution in [1.82, 2.24) is 0 Å². The molecule has 3 unspecified atom stereocenters. The largest absolute Gasteiger partial charge is 0.349 e. The second-order valence-electron chi connectivity index (χ2n) is 4.83. The molecule has 2 nitrogen and oxygen atoms in total. The van der Waals surface area contributed by atoms with Crippen LogP contribution in [0.5, 0.6) is 0 Å². The molecular weight excluding hydrogens is 581 g/mol. The molecule has 1 fully saturated rings. The molecule has 0 aliphatic carbocycles. The third kappa shape index (κ3) is 4.65. The van der Waals surface area contributed by atoms with Crippen molar-refractivity contribution >= 4 is 67.8 Å². The van der Waals surface area contributed by atoms with Crippen LogP contribution in [0.4, 0.5) is 0 Å². The maximum absolute atomic E-state index is 6.02. The van der Waals surface area contributed by atoms with Gasteiger partial charge in [-0.15, -0.1) is 0 Å². The van der Waals surface area contributed by atoms with Crippen LogP contribution in [0, 0.1) is 10.7 Å². The van der Waals surface area contributed by atoms with Crippen LogP contribution in [0.25, 0.3) is 0 Å². The third-order valence-corrected chi connectivity index (χ3v) is 5.80. The number of benzene rings is 1. The Balaban J connectivity index is 2.12. The average molecular weight is 598 g/mol. The molecule has 19 heavy (non-hydrogen) atoms. The summed E-state index contributed by atoms with van der Waals surface area (Å²) in [6.07, 6.45) is 3.44. The molecule has 1 aliphatic rings. The minimum atomic E-state index is -0.101. The molecule has 2 rings (SSSR count). The van der Waals surface area contributed by atoms with Crippen molar-refractivity contribution in [3.8, 4) is 0 Å². The summed E-state index contributed by atoms with van der Waals surface area (Å²) in [4.78, 5) is 0. The Labute approximate surface area is 155 Å². The molecule has 0 amide bonds. The lowest BCUT2D eigenvalue weighted by Crippen LogP contribution is -2.38. The summed E-state index contributed by atoms with van der Waals surface area (Å²) in [5.41, 5.74) is 1.34. The molecule has 0 bridgehead atoms. The van der Waals surface area contributed by atoms with E-state index >= 15 is 0 Å². The van der Waals surface area contributed by atoms with E-state index in [0.29, 0.717) is 12.2 Å². The molecule has 0 radical (unpaired) electrons. The maximum atomic E-state index is 6.02. The summed E-state index contributed by atoms with van der Waals surface area (Å²) in [7, 11) is 0. The number of hydrogen-bond donors (Lipinski definition) is 0. The fourth-order valence-corrected chi connectivity index (χ4v) is 6.30. The van der Waals surface area contributed by atoms with Crippen LogP contribution in [0.3, 0.4) is 0 Å². The van der Waals surface area contributed by atoms with E-state index in [1.54, 1.807) is 0 Å². The molecule has 0 aromatic heterocycles. The van der Waals surface area contributed by atoms with Gasteiger partial charge in [0.15, 0.2) is 6.29 Å². The minimum Gasteiger partial charge on any atom is -0.349 e. The van der Waals surface area contributed by atoms with E-state index in [0.717, 1.165) is 19.3 Å². The molecule has 1 aromatic carbocycles. The van der Waals surface area contributed by atoms with Crippen molar-refractivity contribution in [3.63, 3.8) is 0 Å². The summed E-state index contributed by atoms with van der Waals surface area (Å²) < 4.78 is 15.8. The number of ether oxygens (including phenoxy) is 2. The Morgan fingerprint density at radius 3 is 2.37 bits per heavy atom. The van der Waals surface area contributed by atoms with Crippen molar-refractivity contribution < 1.29 is 9.47 Å². The van der Waals surface area contributed by atoms with Crippen molar-refractivity contribution in [2.75, 3.05) is 0 Å². The van der Waals surface area contributed by atoms with Crippen molar-refractivity contribution in [3.05, 3.63) is 28.4 Å². The number of halogens is 3. The lowest BCUT2D eigenvalue weighted by atomic mass is 10.1. The van der Waals surface area contributed by atoms with Gasteiger partial charge in [0.25, 0.3) is 0 Å². The monoisotopic (exact) mass is 598 g/mol. The second-order valence-corrected chi connectivity index (χ2v) is 8.40. The molecule has 1 heterocycles. The fourth-order valence-electron chi connectivity index (χ4n) is 2.28. The van der Waals surface area contributed by atoms with E-state index in [1.165, 1.54) is 16.3 Å². The first-order valence-electron chi connectivity index (χ1n) is 6.44. The Bertz CT molecular complexity index is 427. The molecule has 1 aliphatic heterocycles. The fraction of sp³-hybridized carbons (Fsp3) is 0.571. The van der Waals surface area contributed by atoms with Gasteiger partial charge in [0.05, 0.1) is 12.2 Å². The van der Waals surface area contributed by atoms with Crippen LogP contribution >= 0.6 is 67.8 Å². The highest BCUT2D eigenvalue weighted by atomic mass is 127. The SMILES string of the molecule is CCC1CC(C)OC(Cc2c(I)cc(I)cc2I)O1. The average Bonchev–Trinajstić information content (AvgIpc) is 2.33. The van der Waals surface area contributed by atoms with Gasteiger partial charge in [0.1, 0.15) is 0 Å². The van der Waals surface area contributed by atoms with Crippen LogP contribution in [0.1, 0.15) is 32.3 Å². The number of rotatable bonds is 3. The third-order valence-electron chi connectivity index (χ3n) is 3.26. The number of hydrogen-bond acceptors (Lipinski definition) is 2. The highest BCUT2D eigenvalue weighted by Gasteiger charge is 2.27.